The van der Waals surface area contributed by atoms with E-state index in [2.05, 4.69) is 46.0 Å². The molecule has 0 saturated carbocycles. The van der Waals surface area contributed by atoms with Crippen molar-refractivity contribution in [3.05, 3.63) is 117 Å². The zero-order chi connectivity index (χ0) is 35.9. The first-order valence-corrected chi connectivity index (χ1v) is 17.0. The molecule has 6 rings (SSSR count). The zero-order valence-electron chi connectivity index (χ0n) is 28.8. The largest absolute Gasteiger partial charge is 0.491 e. The third kappa shape index (κ3) is 8.33. The van der Waals surface area contributed by atoms with Crippen LogP contribution < -0.4 is 20.9 Å². The summed E-state index contributed by atoms with van der Waals surface area (Å²) in [5.74, 6) is 5.12. The average molecular weight is 695 g/mol. The van der Waals surface area contributed by atoms with Crippen molar-refractivity contribution in [2.24, 2.45) is 12.8 Å². The molecule has 12 heteroatoms. The summed E-state index contributed by atoms with van der Waals surface area (Å²) >= 11 is 0. The molecule has 2 aromatic heterocycles. The van der Waals surface area contributed by atoms with E-state index >= 15 is 0 Å². The van der Waals surface area contributed by atoms with Crippen molar-refractivity contribution in [2.45, 2.75) is 39.2 Å². The summed E-state index contributed by atoms with van der Waals surface area (Å²) in [4.78, 5) is 38.2. The average Bonchev–Trinajstić information content (AvgIpc) is 3.35. The van der Waals surface area contributed by atoms with Crippen LogP contribution >= 0.6 is 0 Å². The van der Waals surface area contributed by atoms with Crippen LogP contribution in [0, 0.1) is 30.4 Å². The Balaban J connectivity index is 1.15. The molecule has 0 unspecified atom stereocenters. The number of nitrogens with two attached hydrogens (primary N) is 1. The van der Waals surface area contributed by atoms with Crippen molar-refractivity contribution in [3.8, 4) is 17.6 Å². The molecular weight excluding hydrogens is 654 g/mol. The normalized spacial score (nSPS) is 12.9. The highest BCUT2D eigenvalue weighted by Gasteiger charge is 2.21. The number of morpholine rings is 1. The van der Waals surface area contributed by atoms with Gasteiger partial charge in [-0.25, -0.2) is 23.4 Å². The predicted molar refractivity (Wildman–Crippen MR) is 191 cm³/mol. The fraction of sp³-hybridized carbons (Fsp3) is 0.333. The Labute approximate surface area is 294 Å². The number of nitrogens with zero attached hydrogens (tertiary/aromatic N) is 5. The molecular formula is C39H40F2N6O4. The summed E-state index contributed by atoms with van der Waals surface area (Å²) in [5.41, 5.74) is 9.80. The molecule has 0 aliphatic carbocycles. The number of hydrogen-bond acceptors (Lipinski definition) is 8. The SMILES string of the molecule is Cc1c(C(=O)CCC#Cc2cc(OCCCN)c3nc(Cc4ccc(N5CCOCC5)cc4)ncc3c2)c(=O)n(Cc2ccc(F)c(F)c2)n1C. The quantitative estimate of drug-likeness (QED) is 0.111. The molecule has 1 aliphatic heterocycles. The van der Waals surface area contributed by atoms with Crippen LogP contribution in [0.3, 0.4) is 0 Å². The number of halogens is 2. The Morgan fingerprint density at radius 1 is 1.04 bits per heavy atom. The van der Waals surface area contributed by atoms with E-state index in [-0.39, 0.29) is 30.7 Å². The topological polar surface area (TPSA) is 118 Å². The number of benzene rings is 3. The molecule has 51 heavy (non-hydrogen) atoms. The van der Waals surface area contributed by atoms with Gasteiger partial charge in [-0.05, 0) is 67.4 Å². The second-order valence-electron chi connectivity index (χ2n) is 12.5. The van der Waals surface area contributed by atoms with E-state index in [0.717, 1.165) is 49.4 Å². The smallest absolute Gasteiger partial charge is 0.278 e. The number of fused-ring (bicyclic) bond motifs is 1. The molecule has 0 bridgehead atoms. The van der Waals surface area contributed by atoms with Gasteiger partial charge in [0.2, 0.25) is 0 Å². The van der Waals surface area contributed by atoms with Crippen molar-refractivity contribution in [2.75, 3.05) is 44.4 Å². The monoisotopic (exact) mass is 694 g/mol. The summed E-state index contributed by atoms with van der Waals surface area (Å²) in [7, 11) is 1.65. The minimum Gasteiger partial charge on any atom is -0.491 e. The summed E-state index contributed by atoms with van der Waals surface area (Å²) in [6.45, 7) is 5.82. The maximum atomic E-state index is 13.7. The van der Waals surface area contributed by atoms with Gasteiger partial charge in [-0.15, -0.1) is 0 Å². The molecule has 3 heterocycles. The molecule has 1 fully saturated rings. The van der Waals surface area contributed by atoms with Crippen LogP contribution in [0.1, 0.15) is 57.8 Å². The number of hydrogen-bond donors (Lipinski definition) is 1. The van der Waals surface area contributed by atoms with Crippen molar-refractivity contribution < 1.29 is 23.0 Å². The number of ketones is 1. The van der Waals surface area contributed by atoms with Crippen LogP contribution in [0.4, 0.5) is 14.5 Å². The van der Waals surface area contributed by atoms with Gasteiger partial charge in [-0.2, -0.15) is 0 Å². The van der Waals surface area contributed by atoms with Gasteiger partial charge in [0.15, 0.2) is 17.4 Å². The van der Waals surface area contributed by atoms with Gasteiger partial charge in [0.05, 0.1) is 26.4 Å². The number of carbonyl (C=O) groups is 1. The first-order valence-electron chi connectivity index (χ1n) is 17.0. The lowest BCUT2D eigenvalue weighted by Crippen LogP contribution is -2.36. The third-order valence-corrected chi connectivity index (χ3v) is 8.94. The van der Waals surface area contributed by atoms with E-state index < -0.39 is 17.2 Å². The molecule has 0 radical (unpaired) electrons. The van der Waals surface area contributed by atoms with Gasteiger partial charge in [-0.3, -0.25) is 14.3 Å². The first-order chi connectivity index (χ1) is 24.7. The van der Waals surface area contributed by atoms with Crippen LogP contribution in [-0.2, 0) is 24.8 Å². The summed E-state index contributed by atoms with van der Waals surface area (Å²) in [5, 5.41) is 0.772. The van der Waals surface area contributed by atoms with Crippen LogP contribution in [-0.4, -0.2) is 64.6 Å². The van der Waals surface area contributed by atoms with Gasteiger partial charge in [-0.1, -0.05) is 30.0 Å². The van der Waals surface area contributed by atoms with E-state index in [9.17, 15) is 18.4 Å². The van der Waals surface area contributed by atoms with E-state index in [1.165, 1.54) is 16.4 Å². The maximum absolute atomic E-state index is 13.7. The molecule has 2 N–H and O–H groups in total. The van der Waals surface area contributed by atoms with Crippen LogP contribution in [0.2, 0.25) is 0 Å². The number of ether oxygens (including phenoxy) is 2. The highest BCUT2D eigenvalue weighted by molar-refractivity contribution is 5.97. The summed E-state index contributed by atoms with van der Waals surface area (Å²) < 4.78 is 41.6. The van der Waals surface area contributed by atoms with Crippen LogP contribution in [0.15, 0.2) is 65.6 Å². The van der Waals surface area contributed by atoms with E-state index in [1.807, 2.05) is 12.1 Å². The van der Waals surface area contributed by atoms with Gasteiger partial charge < -0.3 is 20.1 Å². The molecule has 5 aromatic rings. The highest BCUT2D eigenvalue weighted by Crippen LogP contribution is 2.27. The van der Waals surface area contributed by atoms with E-state index in [4.69, 9.17) is 20.2 Å². The standard InChI is InChI=1S/C39H40F2N6O4/c1-26-37(39(49)47(45(26)2)25-29-10-13-32(40)33(41)21-29)34(48)7-4-3-6-28-20-30-24-43-36(44-38(30)35(22-28)51-17-5-14-42)23-27-8-11-31(12-9-27)46-15-18-50-19-16-46/h8-13,20-22,24H,4-5,7,14-19,23,25,42H2,1-2H3. The van der Waals surface area contributed by atoms with E-state index in [0.29, 0.717) is 59.9 Å². The Kier molecular flexibility index (Phi) is 11.2. The van der Waals surface area contributed by atoms with Gasteiger partial charge >= 0.3 is 0 Å². The Morgan fingerprint density at radius 2 is 1.80 bits per heavy atom. The van der Waals surface area contributed by atoms with E-state index in [1.54, 1.807) is 24.9 Å². The van der Waals surface area contributed by atoms with Crippen LogP contribution in [0.5, 0.6) is 5.75 Å². The first kappa shape index (κ1) is 35.4. The second kappa shape index (κ2) is 16.1. The lowest BCUT2D eigenvalue weighted by molar-refractivity contribution is 0.0982. The zero-order valence-corrected chi connectivity index (χ0v) is 28.8. The minimum atomic E-state index is -0.999. The molecule has 0 amide bonds. The molecule has 264 valence electrons. The minimum absolute atomic E-state index is 0.00817. The summed E-state index contributed by atoms with van der Waals surface area (Å²) in [6, 6.07) is 15.6. The number of rotatable bonds is 12. The number of Topliss-reactive ketones (excluding diaryl/α,β-unsaturated/α-hetero) is 1. The molecule has 0 atom stereocenters. The lowest BCUT2D eigenvalue weighted by atomic mass is 10.1. The molecule has 10 nitrogen and oxygen atoms in total. The maximum Gasteiger partial charge on any atom is 0.278 e. The molecule has 1 aliphatic rings. The number of carbonyl (C=O) groups excluding carboxylic acids is 1. The van der Waals surface area contributed by atoms with Crippen LogP contribution in [0.25, 0.3) is 10.9 Å². The molecule has 3 aromatic carbocycles. The Bertz CT molecular complexity index is 2160. The van der Waals surface area contributed by atoms with Crippen molar-refractivity contribution in [3.63, 3.8) is 0 Å². The Hall–Kier alpha value is -5.38. The second-order valence-corrected chi connectivity index (χ2v) is 12.5. The molecule has 0 spiro atoms. The van der Waals surface area contributed by atoms with Gasteiger partial charge in [0.25, 0.3) is 5.56 Å². The predicted octanol–water partition coefficient (Wildman–Crippen LogP) is 4.93. The van der Waals surface area contributed by atoms with Gasteiger partial charge in [0.1, 0.15) is 22.7 Å². The number of anilines is 1. The van der Waals surface area contributed by atoms with Crippen molar-refractivity contribution in [1.82, 2.24) is 19.3 Å². The number of aromatic nitrogens is 4. The molecule has 1 saturated heterocycles. The van der Waals surface area contributed by atoms with Crippen molar-refractivity contribution in [1.29, 1.82) is 0 Å². The van der Waals surface area contributed by atoms with Crippen molar-refractivity contribution >= 4 is 22.4 Å². The Morgan fingerprint density at radius 3 is 2.55 bits per heavy atom. The fourth-order valence-electron chi connectivity index (χ4n) is 6.05. The lowest BCUT2D eigenvalue weighted by Gasteiger charge is -2.28. The van der Waals surface area contributed by atoms with Gasteiger partial charge in [0, 0.05) is 67.9 Å². The summed E-state index contributed by atoms with van der Waals surface area (Å²) in [6.07, 6.45) is 3.26. The third-order valence-electron chi connectivity index (χ3n) is 8.94. The fourth-order valence-corrected chi connectivity index (χ4v) is 6.05. The highest BCUT2D eigenvalue weighted by atomic mass is 19.2.